The predicted octanol–water partition coefficient (Wildman–Crippen LogP) is 3.44. The van der Waals surface area contributed by atoms with Gasteiger partial charge in [-0.15, -0.1) is 0 Å². The third-order valence-electron chi connectivity index (χ3n) is 3.19. The van der Waals surface area contributed by atoms with Crippen LogP contribution < -0.4 is 10.6 Å². The van der Waals surface area contributed by atoms with Crippen LogP contribution in [-0.2, 0) is 9.59 Å². The van der Waals surface area contributed by atoms with Crippen LogP contribution in [0.1, 0.15) is 11.1 Å². The molecule has 0 bridgehead atoms. The first-order valence-electron chi connectivity index (χ1n) is 6.97. The van der Waals surface area contributed by atoms with Gasteiger partial charge in [0.1, 0.15) is 0 Å². The molecule has 0 radical (unpaired) electrons. The van der Waals surface area contributed by atoms with Crippen LogP contribution in [0.2, 0.25) is 0 Å². The van der Waals surface area contributed by atoms with Gasteiger partial charge >= 0.3 is 0 Å². The van der Waals surface area contributed by atoms with Crippen LogP contribution in [0.3, 0.4) is 0 Å². The van der Waals surface area contributed by atoms with Crippen LogP contribution in [0.15, 0.2) is 60.7 Å². The van der Waals surface area contributed by atoms with Crippen LogP contribution in [-0.4, -0.2) is 11.8 Å². The monoisotopic (exact) mass is 294 g/mol. The third-order valence-corrected chi connectivity index (χ3v) is 3.19. The number of anilines is 2. The lowest BCUT2D eigenvalue weighted by atomic mass is 10.2. The number of carbonyl (C=O) groups excluding carboxylic acids is 2. The molecule has 4 nitrogen and oxygen atoms in total. The minimum atomic E-state index is -0.339. The summed E-state index contributed by atoms with van der Waals surface area (Å²) in [5.74, 6) is -0.677. The maximum atomic E-state index is 11.8. The van der Waals surface area contributed by atoms with E-state index in [-0.39, 0.29) is 11.8 Å². The molecule has 22 heavy (non-hydrogen) atoms. The number of aryl methyl sites for hydroxylation is 2. The lowest BCUT2D eigenvalue weighted by Gasteiger charge is -2.06. The second-order valence-corrected chi connectivity index (χ2v) is 4.94. The summed E-state index contributed by atoms with van der Waals surface area (Å²) < 4.78 is 0. The van der Waals surface area contributed by atoms with Gasteiger partial charge in [-0.1, -0.05) is 36.4 Å². The number of carbonyl (C=O) groups is 2. The maximum absolute atomic E-state index is 11.8. The van der Waals surface area contributed by atoms with Crippen molar-refractivity contribution < 1.29 is 9.59 Å². The highest BCUT2D eigenvalue weighted by atomic mass is 16.2. The van der Waals surface area contributed by atoms with Crippen molar-refractivity contribution in [3.63, 3.8) is 0 Å². The Bertz CT molecular complexity index is 659. The predicted molar refractivity (Wildman–Crippen MR) is 88.8 cm³/mol. The second kappa shape index (κ2) is 7.22. The summed E-state index contributed by atoms with van der Waals surface area (Å²) in [5, 5.41) is 5.47. The van der Waals surface area contributed by atoms with Crippen molar-refractivity contribution in [3.8, 4) is 0 Å². The van der Waals surface area contributed by atoms with Gasteiger partial charge in [-0.2, -0.15) is 0 Å². The average Bonchev–Trinajstić information content (AvgIpc) is 2.50. The van der Waals surface area contributed by atoms with E-state index in [1.54, 1.807) is 0 Å². The Kier molecular flexibility index (Phi) is 5.09. The summed E-state index contributed by atoms with van der Waals surface area (Å²) in [7, 11) is 0. The first-order chi connectivity index (χ1) is 10.6. The SMILES string of the molecule is Cc1ccccc1NC(=O)/C=C/C(=O)Nc1ccccc1C. The fourth-order valence-electron chi connectivity index (χ4n) is 1.93. The van der Waals surface area contributed by atoms with Crippen molar-refractivity contribution in [3.05, 3.63) is 71.8 Å². The van der Waals surface area contributed by atoms with E-state index in [1.807, 2.05) is 62.4 Å². The molecule has 2 aromatic rings. The van der Waals surface area contributed by atoms with E-state index >= 15 is 0 Å². The molecule has 0 aliphatic heterocycles. The molecule has 2 aromatic carbocycles. The highest BCUT2D eigenvalue weighted by Gasteiger charge is 2.03. The van der Waals surface area contributed by atoms with Crippen LogP contribution in [0.25, 0.3) is 0 Å². The van der Waals surface area contributed by atoms with Crippen LogP contribution in [0, 0.1) is 13.8 Å². The van der Waals surface area contributed by atoms with Crippen molar-refractivity contribution in [1.82, 2.24) is 0 Å². The van der Waals surface area contributed by atoms with Gasteiger partial charge in [0.2, 0.25) is 11.8 Å². The normalized spacial score (nSPS) is 10.5. The van der Waals surface area contributed by atoms with E-state index in [0.29, 0.717) is 0 Å². The van der Waals surface area contributed by atoms with Crippen molar-refractivity contribution in [2.45, 2.75) is 13.8 Å². The van der Waals surface area contributed by atoms with Crippen molar-refractivity contribution in [1.29, 1.82) is 0 Å². The third kappa shape index (κ3) is 4.31. The van der Waals surface area contributed by atoms with Crippen LogP contribution in [0.4, 0.5) is 11.4 Å². The summed E-state index contributed by atoms with van der Waals surface area (Å²) in [6.07, 6.45) is 2.44. The Hall–Kier alpha value is -2.88. The Morgan fingerprint density at radius 3 is 1.45 bits per heavy atom. The van der Waals surface area contributed by atoms with E-state index in [9.17, 15) is 9.59 Å². The fourth-order valence-corrected chi connectivity index (χ4v) is 1.93. The second-order valence-electron chi connectivity index (χ2n) is 4.94. The number of hydrogen-bond acceptors (Lipinski definition) is 2. The highest BCUT2D eigenvalue weighted by molar-refractivity contribution is 6.07. The minimum absolute atomic E-state index is 0.339. The van der Waals surface area contributed by atoms with E-state index in [4.69, 9.17) is 0 Å². The first kappa shape index (κ1) is 15.5. The van der Waals surface area contributed by atoms with E-state index in [0.717, 1.165) is 22.5 Å². The molecular weight excluding hydrogens is 276 g/mol. The zero-order valence-electron chi connectivity index (χ0n) is 12.6. The summed E-state index contributed by atoms with van der Waals surface area (Å²) in [5.41, 5.74) is 3.40. The zero-order valence-corrected chi connectivity index (χ0v) is 12.6. The molecule has 0 aromatic heterocycles. The van der Waals surface area contributed by atoms with Gasteiger partial charge < -0.3 is 10.6 Å². The highest BCUT2D eigenvalue weighted by Crippen LogP contribution is 2.14. The summed E-state index contributed by atoms with van der Waals surface area (Å²) >= 11 is 0. The summed E-state index contributed by atoms with van der Waals surface area (Å²) in [6, 6.07) is 14.9. The number of hydrogen-bond donors (Lipinski definition) is 2. The molecule has 2 N–H and O–H groups in total. The molecule has 0 aliphatic rings. The topological polar surface area (TPSA) is 58.2 Å². The van der Waals surface area contributed by atoms with E-state index < -0.39 is 0 Å². The number of nitrogens with one attached hydrogen (secondary N) is 2. The van der Waals surface area contributed by atoms with Gasteiger partial charge in [-0.25, -0.2) is 0 Å². The molecule has 0 saturated heterocycles. The Balaban J connectivity index is 1.94. The molecule has 2 amide bonds. The molecule has 0 spiro atoms. The van der Waals surface area contributed by atoms with Gasteiger partial charge in [0.05, 0.1) is 0 Å². The lowest BCUT2D eigenvalue weighted by molar-refractivity contribution is -0.114. The zero-order chi connectivity index (χ0) is 15.9. The first-order valence-corrected chi connectivity index (χ1v) is 6.97. The Morgan fingerprint density at radius 1 is 0.727 bits per heavy atom. The molecule has 4 heteroatoms. The van der Waals surface area contributed by atoms with Gasteiger partial charge in [-0.3, -0.25) is 9.59 Å². The van der Waals surface area contributed by atoms with Crippen LogP contribution in [0.5, 0.6) is 0 Å². The summed E-state index contributed by atoms with van der Waals surface area (Å²) in [6.45, 7) is 3.81. The molecular formula is C18H18N2O2. The van der Waals surface area contributed by atoms with Crippen molar-refractivity contribution in [2.24, 2.45) is 0 Å². The standard InChI is InChI=1S/C18H18N2O2/c1-13-7-3-5-9-15(13)19-17(21)11-12-18(22)20-16-10-6-4-8-14(16)2/h3-12H,1-2H3,(H,19,21)(H,20,22)/b12-11+. The number of amides is 2. The average molecular weight is 294 g/mol. The van der Waals surface area contributed by atoms with Crippen molar-refractivity contribution in [2.75, 3.05) is 10.6 Å². The number of para-hydroxylation sites is 2. The van der Waals surface area contributed by atoms with Gasteiger partial charge in [-0.05, 0) is 37.1 Å². The maximum Gasteiger partial charge on any atom is 0.248 e. The lowest BCUT2D eigenvalue weighted by Crippen LogP contribution is -2.13. The Morgan fingerprint density at radius 2 is 1.09 bits per heavy atom. The Labute approximate surface area is 129 Å². The smallest absolute Gasteiger partial charge is 0.248 e. The summed E-state index contributed by atoms with van der Waals surface area (Å²) in [4.78, 5) is 23.6. The van der Waals surface area contributed by atoms with Crippen molar-refractivity contribution >= 4 is 23.2 Å². The largest absolute Gasteiger partial charge is 0.322 e. The fraction of sp³-hybridized carbons (Fsp3) is 0.111. The molecule has 0 unspecified atom stereocenters. The van der Waals surface area contributed by atoms with Gasteiger partial charge in [0.15, 0.2) is 0 Å². The molecule has 0 fully saturated rings. The molecule has 0 saturated carbocycles. The van der Waals surface area contributed by atoms with Gasteiger partial charge in [0.25, 0.3) is 0 Å². The number of rotatable bonds is 4. The molecule has 0 atom stereocenters. The minimum Gasteiger partial charge on any atom is -0.322 e. The van der Waals surface area contributed by atoms with Gasteiger partial charge in [0, 0.05) is 23.5 Å². The molecule has 0 aliphatic carbocycles. The quantitative estimate of drug-likeness (QED) is 0.849. The molecule has 2 rings (SSSR count). The molecule has 0 heterocycles. The number of benzene rings is 2. The molecule has 112 valence electrons. The van der Waals surface area contributed by atoms with Crippen LogP contribution >= 0.6 is 0 Å². The van der Waals surface area contributed by atoms with E-state index in [1.165, 1.54) is 12.2 Å². The van der Waals surface area contributed by atoms with E-state index in [2.05, 4.69) is 10.6 Å².